The minimum atomic E-state index is -3.42. The maximum atomic E-state index is 12.5. The molecule has 1 amide bonds. The van der Waals surface area contributed by atoms with Crippen LogP contribution in [0.25, 0.3) is 0 Å². The van der Waals surface area contributed by atoms with Gasteiger partial charge in [-0.15, -0.1) is 0 Å². The van der Waals surface area contributed by atoms with Crippen molar-refractivity contribution in [3.05, 3.63) is 59.7 Å². The Labute approximate surface area is 147 Å². The molecule has 2 aromatic carbocycles. The maximum Gasteiger partial charge on any atom is 0.255 e. The van der Waals surface area contributed by atoms with Crippen molar-refractivity contribution < 1.29 is 18.3 Å². The van der Waals surface area contributed by atoms with E-state index in [0.717, 1.165) is 18.4 Å². The lowest BCUT2D eigenvalue weighted by Gasteiger charge is -2.15. The summed E-state index contributed by atoms with van der Waals surface area (Å²) in [6, 6.07) is 12.8. The first-order valence-corrected chi connectivity index (χ1v) is 9.58. The summed E-state index contributed by atoms with van der Waals surface area (Å²) in [5, 5.41) is 12.4. The molecule has 0 unspecified atom stereocenters. The van der Waals surface area contributed by atoms with E-state index in [2.05, 4.69) is 5.32 Å². The molecule has 1 aliphatic rings. The Bertz CT molecular complexity index is 857. The first-order chi connectivity index (χ1) is 12.0. The van der Waals surface area contributed by atoms with Crippen molar-refractivity contribution in [3.8, 4) is 5.75 Å². The number of para-hydroxylation sites is 1. The number of phenols is 1. The second-order valence-corrected chi connectivity index (χ2v) is 7.89. The van der Waals surface area contributed by atoms with Gasteiger partial charge in [-0.3, -0.25) is 4.79 Å². The summed E-state index contributed by atoms with van der Waals surface area (Å²) < 4.78 is 26.4. The number of aromatic hydroxyl groups is 1. The van der Waals surface area contributed by atoms with E-state index >= 15 is 0 Å². The predicted octanol–water partition coefficient (Wildman–Crippen LogP) is 2.11. The number of amides is 1. The Kier molecular flexibility index (Phi) is 5.06. The molecule has 0 atom stereocenters. The zero-order valence-electron chi connectivity index (χ0n) is 13.7. The highest BCUT2D eigenvalue weighted by atomic mass is 32.2. The van der Waals surface area contributed by atoms with Crippen LogP contribution >= 0.6 is 0 Å². The number of sulfonamides is 1. The Morgan fingerprint density at radius 2 is 1.68 bits per heavy atom. The molecule has 0 radical (unpaired) electrons. The molecule has 6 nitrogen and oxygen atoms in total. The topological polar surface area (TPSA) is 86.7 Å². The largest absolute Gasteiger partial charge is 0.507 e. The van der Waals surface area contributed by atoms with Crippen LogP contribution < -0.4 is 5.32 Å². The van der Waals surface area contributed by atoms with Crippen molar-refractivity contribution in [1.82, 2.24) is 9.62 Å². The fourth-order valence-electron chi connectivity index (χ4n) is 2.80. The van der Waals surface area contributed by atoms with Gasteiger partial charge in [-0.25, -0.2) is 8.42 Å². The first-order valence-electron chi connectivity index (χ1n) is 8.14. The van der Waals surface area contributed by atoms with Crippen LogP contribution in [-0.2, 0) is 16.6 Å². The Morgan fingerprint density at radius 1 is 1.04 bits per heavy atom. The van der Waals surface area contributed by atoms with Gasteiger partial charge in [0.05, 0.1) is 10.5 Å². The number of rotatable bonds is 5. The second-order valence-electron chi connectivity index (χ2n) is 5.95. The molecule has 1 heterocycles. The number of nitrogens with zero attached hydrogens (tertiary/aromatic N) is 1. The summed E-state index contributed by atoms with van der Waals surface area (Å²) in [6.45, 7) is 1.39. The third-order valence-corrected chi connectivity index (χ3v) is 6.14. The molecule has 0 aromatic heterocycles. The number of nitrogens with one attached hydrogen (secondary N) is 1. The average Bonchev–Trinajstić information content (AvgIpc) is 3.16. The fourth-order valence-corrected chi connectivity index (χ4v) is 4.32. The molecular formula is C18H20N2O4S. The third kappa shape index (κ3) is 3.83. The number of carbonyl (C=O) groups excluding carboxylic acids is 1. The molecule has 0 bridgehead atoms. The highest BCUT2D eigenvalue weighted by molar-refractivity contribution is 7.89. The van der Waals surface area contributed by atoms with Gasteiger partial charge in [0.1, 0.15) is 5.75 Å². The lowest BCUT2D eigenvalue weighted by atomic mass is 10.1. The quantitative estimate of drug-likeness (QED) is 0.855. The van der Waals surface area contributed by atoms with Crippen LogP contribution in [0.3, 0.4) is 0 Å². The third-order valence-electron chi connectivity index (χ3n) is 4.23. The highest BCUT2D eigenvalue weighted by Crippen LogP contribution is 2.21. The lowest BCUT2D eigenvalue weighted by molar-refractivity contribution is 0.0948. The van der Waals surface area contributed by atoms with Gasteiger partial charge in [0, 0.05) is 19.6 Å². The maximum absolute atomic E-state index is 12.5. The molecule has 25 heavy (non-hydrogen) atoms. The van der Waals surface area contributed by atoms with Crippen LogP contribution in [0.5, 0.6) is 5.75 Å². The van der Waals surface area contributed by atoms with E-state index < -0.39 is 10.0 Å². The van der Waals surface area contributed by atoms with Gasteiger partial charge >= 0.3 is 0 Å². The monoisotopic (exact) mass is 360 g/mol. The first kappa shape index (κ1) is 17.4. The van der Waals surface area contributed by atoms with E-state index in [0.29, 0.717) is 13.1 Å². The van der Waals surface area contributed by atoms with Gasteiger partial charge in [0.25, 0.3) is 5.91 Å². The van der Waals surface area contributed by atoms with Crippen LogP contribution in [-0.4, -0.2) is 36.8 Å². The van der Waals surface area contributed by atoms with Crippen molar-refractivity contribution >= 4 is 15.9 Å². The molecule has 0 aliphatic carbocycles. The van der Waals surface area contributed by atoms with Crippen molar-refractivity contribution in [2.45, 2.75) is 24.3 Å². The molecule has 7 heteroatoms. The Balaban J connectivity index is 1.65. The van der Waals surface area contributed by atoms with E-state index in [1.54, 1.807) is 36.4 Å². The smallest absolute Gasteiger partial charge is 0.255 e. The molecule has 2 N–H and O–H groups in total. The molecule has 1 fully saturated rings. The zero-order chi connectivity index (χ0) is 17.9. The summed E-state index contributed by atoms with van der Waals surface area (Å²) in [7, 11) is -3.42. The molecule has 1 saturated heterocycles. The van der Waals surface area contributed by atoms with Gasteiger partial charge in [0.15, 0.2) is 0 Å². The van der Waals surface area contributed by atoms with E-state index in [1.807, 2.05) is 0 Å². The number of hydrogen-bond donors (Lipinski definition) is 2. The average molecular weight is 360 g/mol. The Hall–Kier alpha value is -2.38. The van der Waals surface area contributed by atoms with E-state index in [9.17, 15) is 18.3 Å². The van der Waals surface area contributed by atoms with Gasteiger partial charge in [-0.05, 0) is 42.7 Å². The van der Waals surface area contributed by atoms with Crippen LogP contribution in [0, 0.1) is 0 Å². The molecule has 0 saturated carbocycles. The van der Waals surface area contributed by atoms with Crippen molar-refractivity contribution in [3.63, 3.8) is 0 Å². The predicted molar refractivity (Wildman–Crippen MR) is 93.7 cm³/mol. The van der Waals surface area contributed by atoms with Gasteiger partial charge in [-0.2, -0.15) is 4.31 Å². The lowest BCUT2D eigenvalue weighted by Crippen LogP contribution is -2.28. The van der Waals surface area contributed by atoms with Crippen LogP contribution in [0.1, 0.15) is 28.8 Å². The number of hydrogen-bond acceptors (Lipinski definition) is 4. The van der Waals surface area contributed by atoms with Gasteiger partial charge in [0.2, 0.25) is 10.0 Å². The standard InChI is InChI=1S/C18H20N2O4S/c21-17-6-2-1-5-16(17)18(22)19-13-14-7-9-15(10-8-14)25(23,24)20-11-3-4-12-20/h1-2,5-10,21H,3-4,11-13H2,(H,19,22). The van der Waals surface area contributed by atoms with Gasteiger partial charge < -0.3 is 10.4 Å². The molecule has 1 aliphatic heterocycles. The fraction of sp³-hybridized carbons (Fsp3) is 0.278. The van der Waals surface area contributed by atoms with Crippen LogP contribution in [0.2, 0.25) is 0 Å². The Morgan fingerprint density at radius 3 is 2.32 bits per heavy atom. The SMILES string of the molecule is O=C(NCc1ccc(S(=O)(=O)N2CCCC2)cc1)c1ccccc1O. The molecular weight excluding hydrogens is 340 g/mol. The van der Waals surface area contributed by atoms with E-state index in [1.165, 1.54) is 16.4 Å². The van der Waals surface area contributed by atoms with Crippen molar-refractivity contribution in [1.29, 1.82) is 0 Å². The summed E-state index contributed by atoms with van der Waals surface area (Å²) in [5.74, 6) is -0.459. The molecule has 2 aromatic rings. The van der Waals surface area contributed by atoms with Crippen molar-refractivity contribution in [2.75, 3.05) is 13.1 Å². The molecule has 132 valence electrons. The number of carbonyl (C=O) groups is 1. The molecule has 0 spiro atoms. The van der Waals surface area contributed by atoms with Crippen LogP contribution in [0.4, 0.5) is 0 Å². The zero-order valence-corrected chi connectivity index (χ0v) is 14.5. The van der Waals surface area contributed by atoms with Gasteiger partial charge in [-0.1, -0.05) is 24.3 Å². The number of benzene rings is 2. The normalized spacial score (nSPS) is 15.2. The van der Waals surface area contributed by atoms with E-state index in [-0.39, 0.29) is 28.7 Å². The minimum Gasteiger partial charge on any atom is -0.507 e. The second kappa shape index (κ2) is 7.25. The summed E-state index contributed by atoms with van der Waals surface area (Å²) in [5.41, 5.74) is 0.986. The van der Waals surface area contributed by atoms with E-state index in [4.69, 9.17) is 0 Å². The molecule has 3 rings (SSSR count). The minimum absolute atomic E-state index is 0.0768. The summed E-state index contributed by atoms with van der Waals surface area (Å²) in [6.07, 6.45) is 1.80. The summed E-state index contributed by atoms with van der Waals surface area (Å²) >= 11 is 0. The van der Waals surface area contributed by atoms with Crippen molar-refractivity contribution in [2.24, 2.45) is 0 Å². The number of phenolic OH excluding ortho intramolecular Hbond substituents is 1. The van der Waals surface area contributed by atoms with Crippen LogP contribution in [0.15, 0.2) is 53.4 Å². The highest BCUT2D eigenvalue weighted by Gasteiger charge is 2.26. The summed E-state index contributed by atoms with van der Waals surface area (Å²) in [4.78, 5) is 12.3.